The van der Waals surface area contributed by atoms with E-state index in [-0.39, 0.29) is 12.0 Å². The molecule has 1 N–H and O–H groups in total. The van der Waals surface area contributed by atoms with Gasteiger partial charge in [0.1, 0.15) is 0 Å². The second kappa shape index (κ2) is 12.5. The van der Waals surface area contributed by atoms with Crippen molar-refractivity contribution in [2.45, 2.75) is 83.7 Å². The number of hydrogen-bond donors (Lipinski definition) is 1. The molecule has 1 amide bonds. The van der Waals surface area contributed by atoms with Gasteiger partial charge in [0.2, 0.25) is 5.91 Å². The summed E-state index contributed by atoms with van der Waals surface area (Å²) in [5.41, 5.74) is 0. The smallest absolute Gasteiger partial charge is 0.222 e. The Labute approximate surface area is 141 Å². The van der Waals surface area contributed by atoms with Crippen molar-refractivity contribution < 1.29 is 14.2 Å². The molecule has 1 aliphatic heterocycles. The Bertz CT molecular complexity index is 341. The van der Waals surface area contributed by atoms with E-state index in [2.05, 4.69) is 6.92 Å². The number of amides is 1. The summed E-state index contributed by atoms with van der Waals surface area (Å²) in [6.07, 6.45) is 12.8. The number of nitrogens with zero attached hydrogens (tertiary/aromatic N) is 1. The van der Waals surface area contributed by atoms with Crippen molar-refractivity contribution in [3.63, 3.8) is 0 Å². The molecule has 0 aromatic carbocycles. The van der Waals surface area contributed by atoms with Gasteiger partial charge in [0, 0.05) is 19.5 Å². The zero-order valence-electron chi connectivity index (χ0n) is 13.9. The highest BCUT2D eigenvalue weighted by molar-refractivity contribution is 8.00. The minimum atomic E-state index is -2.06. The van der Waals surface area contributed by atoms with Gasteiger partial charge in [-0.1, -0.05) is 58.3 Å². The number of hydrogen-bond acceptors (Lipinski definition) is 3. The van der Waals surface area contributed by atoms with Gasteiger partial charge in [-0.25, -0.2) is 0 Å². The van der Waals surface area contributed by atoms with Crippen LogP contribution in [0.1, 0.15) is 77.6 Å². The van der Waals surface area contributed by atoms with Gasteiger partial charge in [0.15, 0.2) is 7.15 Å². The van der Waals surface area contributed by atoms with Gasteiger partial charge in [-0.3, -0.25) is 4.79 Å². The van der Waals surface area contributed by atoms with E-state index in [1.165, 1.54) is 44.9 Å². The Morgan fingerprint density at radius 1 is 1.18 bits per heavy atom. The summed E-state index contributed by atoms with van der Waals surface area (Å²) in [5.74, 6) is 0.227. The van der Waals surface area contributed by atoms with Crippen molar-refractivity contribution in [2.24, 2.45) is 0 Å². The molecule has 1 fully saturated rings. The maximum Gasteiger partial charge on any atom is 0.222 e. The lowest BCUT2D eigenvalue weighted by Gasteiger charge is -2.16. The molecule has 1 heterocycles. The highest BCUT2D eigenvalue weighted by Gasteiger charge is 2.26. The van der Waals surface area contributed by atoms with Crippen LogP contribution in [0.3, 0.4) is 0 Å². The van der Waals surface area contributed by atoms with Crippen LogP contribution in [-0.4, -0.2) is 34.9 Å². The second-order valence-corrected chi connectivity index (χ2v) is 8.03. The molecule has 0 aromatic heterocycles. The van der Waals surface area contributed by atoms with E-state index in [1.54, 1.807) is 0 Å². The quantitative estimate of drug-likeness (QED) is 0.427. The minimum Gasteiger partial charge on any atom is -0.347 e. The molecular formula is C16H32NO3PS. The number of carbonyl (C=O) groups excluding carboxylic acids is 1. The predicted molar refractivity (Wildman–Crippen MR) is 95.8 cm³/mol. The van der Waals surface area contributed by atoms with E-state index in [0.29, 0.717) is 13.0 Å². The predicted octanol–water partition coefficient (Wildman–Crippen LogP) is 4.02. The van der Waals surface area contributed by atoms with Crippen molar-refractivity contribution in [3.8, 4) is 0 Å². The molecule has 6 heteroatoms. The maximum absolute atomic E-state index is 12.1. The second-order valence-electron chi connectivity index (χ2n) is 6.21. The summed E-state index contributed by atoms with van der Waals surface area (Å²) in [5, 5.41) is 0. The highest BCUT2D eigenvalue weighted by Crippen LogP contribution is 2.25. The SMILES string of the molecule is CCCCCCCCCCCC(=O)N1CC[C@H](O[PH](O)=S)C1. The zero-order valence-corrected chi connectivity index (χ0v) is 15.7. The third kappa shape index (κ3) is 9.24. The average Bonchev–Trinajstić information content (AvgIpc) is 2.93. The van der Waals surface area contributed by atoms with Gasteiger partial charge < -0.3 is 14.3 Å². The topological polar surface area (TPSA) is 49.8 Å². The van der Waals surface area contributed by atoms with Crippen molar-refractivity contribution in [1.29, 1.82) is 0 Å². The minimum absolute atomic E-state index is 0.0524. The Morgan fingerprint density at radius 2 is 1.77 bits per heavy atom. The molecule has 2 atom stereocenters. The summed E-state index contributed by atoms with van der Waals surface area (Å²) in [4.78, 5) is 23.1. The molecule has 1 rings (SSSR count). The van der Waals surface area contributed by atoms with Crippen LogP contribution in [0.25, 0.3) is 0 Å². The monoisotopic (exact) mass is 349 g/mol. The van der Waals surface area contributed by atoms with Gasteiger partial charge in [-0.15, -0.1) is 0 Å². The third-order valence-corrected chi connectivity index (χ3v) is 5.08. The molecule has 22 heavy (non-hydrogen) atoms. The first-order chi connectivity index (χ1) is 10.6. The van der Waals surface area contributed by atoms with Crippen LogP contribution >= 0.6 is 7.15 Å². The van der Waals surface area contributed by atoms with Crippen molar-refractivity contribution in [1.82, 2.24) is 4.90 Å². The van der Waals surface area contributed by atoms with Crippen LogP contribution in [0.4, 0.5) is 0 Å². The molecule has 0 bridgehead atoms. The van der Waals surface area contributed by atoms with E-state index < -0.39 is 7.15 Å². The lowest BCUT2D eigenvalue weighted by molar-refractivity contribution is -0.130. The molecule has 0 aliphatic carbocycles. The van der Waals surface area contributed by atoms with Gasteiger partial charge in [0.05, 0.1) is 6.10 Å². The van der Waals surface area contributed by atoms with Gasteiger partial charge in [-0.2, -0.15) is 0 Å². The molecule has 1 unspecified atom stereocenters. The molecular weight excluding hydrogens is 317 g/mol. The number of likely N-dealkylation sites (tertiary alicyclic amines) is 1. The molecule has 0 radical (unpaired) electrons. The Kier molecular flexibility index (Phi) is 11.4. The Hall–Kier alpha value is 0.0400. The molecule has 0 saturated carbocycles. The van der Waals surface area contributed by atoms with Crippen LogP contribution in [-0.2, 0) is 21.1 Å². The number of carbonyl (C=O) groups is 1. The van der Waals surface area contributed by atoms with Crippen LogP contribution in [0.15, 0.2) is 0 Å². The standard InChI is InChI=1S/C16H32NO3PS/c1-2-3-4-5-6-7-8-9-10-11-16(18)17-13-12-15(14-17)20-21(19)22/h15,21H,2-14H2,1H3,(H,19,22)/t15-/m0/s1. The van der Waals surface area contributed by atoms with E-state index in [4.69, 9.17) is 21.2 Å². The van der Waals surface area contributed by atoms with E-state index in [9.17, 15) is 4.79 Å². The highest BCUT2D eigenvalue weighted by atomic mass is 32.4. The lowest BCUT2D eigenvalue weighted by atomic mass is 10.1. The Balaban J connectivity index is 1.97. The maximum atomic E-state index is 12.1. The Morgan fingerprint density at radius 3 is 2.36 bits per heavy atom. The summed E-state index contributed by atoms with van der Waals surface area (Å²) in [6.45, 7) is 3.58. The zero-order chi connectivity index (χ0) is 16.2. The normalized spacial score (nSPS) is 19.5. The summed E-state index contributed by atoms with van der Waals surface area (Å²) < 4.78 is 5.27. The number of unbranched alkanes of at least 4 members (excludes halogenated alkanes) is 8. The van der Waals surface area contributed by atoms with Crippen molar-refractivity contribution in [2.75, 3.05) is 13.1 Å². The molecule has 130 valence electrons. The van der Waals surface area contributed by atoms with Crippen LogP contribution in [0.5, 0.6) is 0 Å². The summed E-state index contributed by atoms with van der Waals surface area (Å²) >= 11 is 4.70. The van der Waals surface area contributed by atoms with Crippen LogP contribution < -0.4 is 0 Å². The molecule has 4 nitrogen and oxygen atoms in total. The first-order valence-electron chi connectivity index (χ1n) is 8.80. The largest absolute Gasteiger partial charge is 0.347 e. The summed E-state index contributed by atoms with van der Waals surface area (Å²) in [6, 6.07) is 0. The fourth-order valence-corrected chi connectivity index (χ4v) is 3.82. The molecule has 0 aromatic rings. The number of rotatable bonds is 12. The molecule has 1 saturated heterocycles. The van der Waals surface area contributed by atoms with E-state index in [1.807, 2.05) is 4.90 Å². The first-order valence-corrected chi connectivity index (χ1v) is 11.3. The van der Waals surface area contributed by atoms with E-state index in [0.717, 1.165) is 25.8 Å². The van der Waals surface area contributed by atoms with E-state index >= 15 is 0 Å². The third-order valence-electron chi connectivity index (χ3n) is 4.26. The average molecular weight is 349 g/mol. The fraction of sp³-hybridized carbons (Fsp3) is 0.938. The molecule has 1 aliphatic rings. The van der Waals surface area contributed by atoms with Gasteiger partial charge in [0.25, 0.3) is 0 Å². The summed E-state index contributed by atoms with van der Waals surface area (Å²) in [7, 11) is -2.06. The lowest BCUT2D eigenvalue weighted by Crippen LogP contribution is -2.29. The first kappa shape index (κ1) is 20.1. The van der Waals surface area contributed by atoms with Crippen molar-refractivity contribution >= 4 is 24.9 Å². The van der Waals surface area contributed by atoms with Crippen molar-refractivity contribution in [3.05, 3.63) is 0 Å². The van der Waals surface area contributed by atoms with Gasteiger partial charge >= 0.3 is 0 Å². The van der Waals surface area contributed by atoms with Crippen LogP contribution in [0.2, 0.25) is 0 Å². The van der Waals surface area contributed by atoms with Gasteiger partial charge in [-0.05, 0) is 24.6 Å². The fourth-order valence-electron chi connectivity index (χ4n) is 2.94. The molecule has 0 spiro atoms. The van der Waals surface area contributed by atoms with Crippen LogP contribution in [0, 0.1) is 0 Å².